The summed E-state index contributed by atoms with van der Waals surface area (Å²) in [5.74, 6) is -1.78. The van der Waals surface area contributed by atoms with Crippen LogP contribution in [0.4, 0.5) is 26.3 Å². The van der Waals surface area contributed by atoms with E-state index in [1.165, 1.54) is 0 Å². The van der Waals surface area contributed by atoms with E-state index in [0.29, 0.717) is 16.7 Å². The number of carbonyl (C=O) groups is 2. The van der Waals surface area contributed by atoms with Crippen LogP contribution in [0.1, 0.15) is 39.9 Å². The fourth-order valence-corrected chi connectivity index (χ4v) is 4.50. The zero-order valence-corrected chi connectivity index (χ0v) is 22.6. The number of hydrogen-bond acceptors (Lipinski definition) is 4. The summed E-state index contributed by atoms with van der Waals surface area (Å²) in [7, 11) is 0. The monoisotopic (exact) mass is 621 g/mol. The molecule has 1 aliphatic heterocycles. The van der Waals surface area contributed by atoms with Crippen molar-refractivity contribution < 1.29 is 40.7 Å². The smallest absolute Gasteiger partial charge is 0.417 e. The minimum atomic E-state index is -4.83. The molecular formula is C27H23Cl2F6N3O3. The molecule has 1 N–H and O–H groups in total. The average molecular weight is 622 g/mol. The summed E-state index contributed by atoms with van der Waals surface area (Å²) in [4.78, 5) is 31.5. The molecule has 1 saturated heterocycles. The van der Waals surface area contributed by atoms with Crippen molar-refractivity contribution in [2.24, 2.45) is 0 Å². The molecule has 2 aromatic carbocycles. The fraction of sp³-hybridized carbons (Fsp3) is 0.296. The van der Waals surface area contributed by atoms with Gasteiger partial charge in [-0.3, -0.25) is 14.6 Å². The number of nitrogens with one attached hydrogen (secondary N) is 1. The number of rotatable bonds is 6. The number of hydrogen-bond donors (Lipinski definition) is 1. The summed E-state index contributed by atoms with van der Waals surface area (Å²) in [5.41, 5.74) is -3.93. The van der Waals surface area contributed by atoms with Gasteiger partial charge in [-0.2, -0.15) is 26.3 Å². The molecule has 2 heterocycles. The highest BCUT2D eigenvalue weighted by atomic mass is 35.5. The van der Waals surface area contributed by atoms with E-state index in [1.807, 2.05) is 0 Å². The van der Waals surface area contributed by atoms with Gasteiger partial charge in [0.1, 0.15) is 5.75 Å². The van der Waals surface area contributed by atoms with E-state index in [2.05, 4.69) is 10.3 Å². The first-order valence-electron chi connectivity index (χ1n) is 12.0. The number of halogens is 8. The molecule has 0 aliphatic carbocycles. The summed E-state index contributed by atoms with van der Waals surface area (Å²) in [6.45, 7) is -0.401. The van der Waals surface area contributed by atoms with Gasteiger partial charge in [0.05, 0.1) is 23.2 Å². The van der Waals surface area contributed by atoms with E-state index >= 15 is 0 Å². The largest absolute Gasteiger partial charge is 0.476 e. The van der Waals surface area contributed by atoms with Crippen LogP contribution in [0.25, 0.3) is 0 Å². The number of carbonyl (C=O) groups excluding carboxylic acids is 2. The van der Waals surface area contributed by atoms with Crippen molar-refractivity contribution in [3.63, 3.8) is 0 Å². The van der Waals surface area contributed by atoms with Crippen LogP contribution in [-0.2, 0) is 23.7 Å². The number of pyridine rings is 1. The van der Waals surface area contributed by atoms with E-state index in [0.717, 1.165) is 41.6 Å². The van der Waals surface area contributed by atoms with Gasteiger partial charge in [0.2, 0.25) is 5.60 Å². The Morgan fingerprint density at radius 3 is 2.24 bits per heavy atom. The SMILES string of the molecule is Cl.O=C(c1cnccc1C(F)(F)F)N1CCCC(Oc2ccc(C(F)(F)F)cc2)(C(=O)NCc2ccc(Cl)cc2)C1. The molecule has 0 radical (unpaired) electrons. The quantitative estimate of drug-likeness (QED) is 0.316. The van der Waals surface area contributed by atoms with E-state index in [4.69, 9.17) is 16.3 Å². The first kappa shape index (κ1) is 32.0. The van der Waals surface area contributed by atoms with Gasteiger partial charge in [0.15, 0.2) is 0 Å². The van der Waals surface area contributed by atoms with Gasteiger partial charge >= 0.3 is 12.4 Å². The lowest BCUT2D eigenvalue weighted by Gasteiger charge is -2.41. The zero-order valence-electron chi connectivity index (χ0n) is 21.1. The normalized spacial score (nSPS) is 17.4. The van der Waals surface area contributed by atoms with Crippen molar-refractivity contribution in [1.82, 2.24) is 15.2 Å². The van der Waals surface area contributed by atoms with Crippen LogP contribution in [-0.4, -0.2) is 40.4 Å². The Hall–Kier alpha value is -3.51. The van der Waals surface area contributed by atoms with Crippen molar-refractivity contribution in [3.05, 3.63) is 94.3 Å². The number of likely N-dealkylation sites (tertiary alicyclic amines) is 1. The Morgan fingerprint density at radius 2 is 1.63 bits per heavy atom. The van der Waals surface area contributed by atoms with E-state index in [1.54, 1.807) is 24.3 Å². The number of benzene rings is 2. The van der Waals surface area contributed by atoms with Crippen LogP contribution >= 0.6 is 24.0 Å². The summed E-state index contributed by atoms with van der Waals surface area (Å²) in [5, 5.41) is 3.18. The highest BCUT2D eigenvalue weighted by Crippen LogP contribution is 2.35. The Bertz CT molecular complexity index is 1370. The molecule has 2 amide bonds. The van der Waals surface area contributed by atoms with Crippen LogP contribution < -0.4 is 10.1 Å². The average Bonchev–Trinajstić information content (AvgIpc) is 2.91. The molecule has 0 saturated carbocycles. The minimum absolute atomic E-state index is 0. The van der Waals surface area contributed by atoms with Crippen molar-refractivity contribution in [2.45, 2.75) is 37.3 Å². The second-order valence-electron chi connectivity index (χ2n) is 9.18. The molecule has 6 nitrogen and oxygen atoms in total. The van der Waals surface area contributed by atoms with Crippen molar-refractivity contribution in [1.29, 1.82) is 0 Å². The lowest BCUT2D eigenvalue weighted by molar-refractivity contribution is -0.142. The zero-order chi connectivity index (χ0) is 29.1. The third kappa shape index (κ3) is 7.62. The Labute approximate surface area is 242 Å². The number of alkyl halides is 6. The topological polar surface area (TPSA) is 71.5 Å². The van der Waals surface area contributed by atoms with Gasteiger partial charge in [0.25, 0.3) is 11.8 Å². The van der Waals surface area contributed by atoms with Gasteiger partial charge in [-0.25, -0.2) is 0 Å². The molecule has 1 unspecified atom stereocenters. The highest BCUT2D eigenvalue weighted by Gasteiger charge is 2.47. The third-order valence-electron chi connectivity index (χ3n) is 6.37. The molecule has 1 aromatic heterocycles. The lowest BCUT2D eigenvalue weighted by atomic mass is 9.90. The molecular weight excluding hydrogens is 599 g/mol. The molecule has 3 aromatic rings. The fourth-order valence-electron chi connectivity index (χ4n) is 4.38. The molecule has 14 heteroatoms. The van der Waals surface area contributed by atoms with E-state index in [9.17, 15) is 35.9 Å². The van der Waals surface area contributed by atoms with Crippen molar-refractivity contribution >= 4 is 35.8 Å². The number of amides is 2. The first-order valence-corrected chi connectivity index (χ1v) is 12.4. The summed E-state index contributed by atoms with van der Waals surface area (Å²) in [6, 6.07) is 10.9. The lowest BCUT2D eigenvalue weighted by Crippen LogP contribution is -2.61. The molecule has 1 fully saturated rings. The van der Waals surface area contributed by atoms with Gasteiger partial charge in [-0.15, -0.1) is 12.4 Å². The minimum Gasteiger partial charge on any atom is -0.476 e. The maximum Gasteiger partial charge on any atom is 0.417 e. The van der Waals surface area contributed by atoms with Crippen LogP contribution in [0.5, 0.6) is 5.75 Å². The van der Waals surface area contributed by atoms with Gasteiger partial charge in [-0.05, 0) is 60.9 Å². The van der Waals surface area contributed by atoms with Crippen LogP contribution in [0.15, 0.2) is 67.0 Å². The van der Waals surface area contributed by atoms with Crippen LogP contribution in [0, 0.1) is 0 Å². The predicted octanol–water partition coefficient (Wildman–Crippen LogP) is 6.56. The number of ether oxygens (including phenoxy) is 1. The highest BCUT2D eigenvalue weighted by molar-refractivity contribution is 6.30. The number of piperidine rings is 1. The Kier molecular flexibility index (Phi) is 9.81. The molecule has 0 bridgehead atoms. The maximum absolute atomic E-state index is 13.6. The second kappa shape index (κ2) is 12.6. The van der Waals surface area contributed by atoms with Gasteiger partial charge in [-0.1, -0.05) is 23.7 Å². The molecule has 220 valence electrons. The Morgan fingerprint density at radius 1 is 0.976 bits per heavy atom. The first-order chi connectivity index (χ1) is 18.8. The number of nitrogens with zero attached hydrogens (tertiary/aromatic N) is 2. The molecule has 4 rings (SSSR count). The summed E-state index contributed by atoms with van der Waals surface area (Å²) < 4.78 is 85.8. The summed E-state index contributed by atoms with van der Waals surface area (Å²) >= 11 is 5.89. The standard InChI is InChI=1S/C27H22ClF6N3O3.ClH/c28-19-6-2-17(3-7-19)14-36-24(39)25(40-20-8-4-18(5-9-20)26(29,30)31)11-1-13-37(16-25)23(38)21-15-35-12-10-22(21)27(32,33)34;/h2-10,12,15H,1,11,13-14,16H2,(H,36,39);1H. The van der Waals surface area contributed by atoms with E-state index < -0.39 is 53.0 Å². The van der Waals surface area contributed by atoms with E-state index in [-0.39, 0.29) is 44.1 Å². The molecule has 0 spiro atoms. The Balaban J connectivity index is 0.00000462. The second-order valence-corrected chi connectivity index (χ2v) is 9.61. The van der Waals surface area contributed by atoms with Gasteiger partial charge in [0, 0.05) is 30.5 Å². The maximum atomic E-state index is 13.6. The molecule has 1 aliphatic rings. The van der Waals surface area contributed by atoms with Crippen LogP contribution in [0.3, 0.4) is 0 Å². The third-order valence-corrected chi connectivity index (χ3v) is 6.63. The van der Waals surface area contributed by atoms with Crippen LogP contribution in [0.2, 0.25) is 5.02 Å². The molecule has 1 atom stereocenters. The predicted molar refractivity (Wildman–Crippen MR) is 140 cm³/mol. The van der Waals surface area contributed by atoms with Crippen molar-refractivity contribution in [3.8, 4) is 5.75 Å². The summed E-state index contributed by atoms with van der Waals surface area (Å²) in [6.07, 6.45) is -7.49. The van der Waals surface area contributed by atoms with Gasteiger partial charge < -0.3 is 15.0 Å². The van der Waals surface area contributed by atoms with Crippen molar-refractivity contribution in [2.75, 3.05) is 13.1 Å². The molecule has 41 heavy (non-hydrogen) atoms. The number of aromatic nitrogens is 1.